The normalized spacial score (nSPS) is 31.1. The van der Waals surface area contributed by atoms with Gasteiger partial charge in [0.2, 0.25) is 17.7 Å². The molecule has 4 heterocycles. The average Bonchev–Trinajstić information content (AvgIpc) is 3.58. The van der Waals surface area contributed by atoms with Gasteiger partial charge in [-0.15, -0.1) is 0 Å². The van der Waals surface area contributed by atoms with Crippen molar-refractivity contribution in [1.29, 1.82) is 0 Å². The maximum Gasteiger partial charge on any atom is 0.252 e. The first-order valence-electron chi connectivity index (χ1n) is 13.3. The van der Waals surface area contributed by atoms with Gasteiger partial charge in [-0.25, -0.2) is 4.90 Å². The molecule has 0 radical (unpaired) electrons. The number of carbonyl (C=O) groups excluding carboxylic acids is 4. The van der Waals surface area contributed by atoms with Crippen LogP contribution in [0.3, 0.4) is 0 Å². The molecule has 4 amide bonds. The molecule has 4 aliphatic rings. The fourth-order valence-corrected chi connectivity index (χ4v) is 9.25. The Morgan fingerprint density at radius 1 is 0.718 bits per heavy atom. The van der Waals surface area contributed by atoms with Crippen molar-refractivity contribution in [2.45, 2.75) is 36.1 Å². The lowest BCUT2D eigenvalue weighted by molar-refractivity contribution is -0.149. The minimum absolute atomic E-state index is 0.133. The molecule has 3 aromatic carbocycles. The quantitative estimate of drug-likeness (QED) is 0.451. The van der Waals surface area contributed by atoms with E-state index in [2.05, 4.69) is 0 Å². The van der Waals surface area contributed by atoms with Gasteiger partial charge in [0.25, 0.3) is 5.91 Å². The van der Waals surface area contributed by atoms with Crippen LogP contribution < -0.4 is 9.80 Å². The van der Waals surface area contributed by atoms with Crippen molar-refractivity contribution in [3.63, 3.8) is 0 Å². The van der Waals surface area contributed by atoms with Gasteiger partial charge in [-0.2, -0.15) is 0 Å². The van der Waals surface area contributed by atoms with Crippen molar-refractivity contribution < 1.29 is 19.2 Å². The number of thioether (sulfide) groups is 1. The zero-order valence-corrected chi connectivity index (χ0v) is 22.4. The summed E-state index contributed by atoms with van der Waals surface area (Å²) >= 11 is 1.31. The Morgan fingerprint density at radius 3 is 1.85 bits per heavy atom. The van der Waals surface area contributed by atoms with E-state index in [0.29, 0.717) is 23.4 Å². The van der Waals surface area contributed by atoms with E-state index in [-0.39, 0.29) is 23.6 Å². The van der Waals surface area contributed by atoms with Gasteiger partial charge in [-0.3, -0.25) is 29.0 Å². The predicted molar refractivity (Wildman–Crippen MR) is 148 cm³/mol. The Balaban J connectivity index is 1.51. The maximum absolute atomic E-state index is 14.8. The highest BCUT2D eigenvalue weighted by Gasteiger charge is 2.87. The standard InChI is InChI=1S/C31H27N3O4S/c1-19(2)18-23-26(35)33(22-16-10-5-11-17-22)31-25-24(27(36)32(28(25)37)21-14-8-4-9-15-21)30(39-31,29(38)34(23)31)20-12-6-3-7-13-20/h3-17,19,23-25H,18H2,1-2H3/t23-,24+,25-,30+,31+/m1/s1. The molecule has 5 atom stereocenters. The third-order valence-corrected chi connectivity index (χ3v) is 10.3. The molecular formula is C31H27N3O4S. The number of carbonyl (C=O) groups is 4. The van der Waals surface area contributed by atoms with Crippen molar-refractivity contribution in [2.75, 3.05) is 9.80 Å². The second kappa shape index (κ2) is 8.29. The van der Waals surface area contributed by atoms with E-state index >= 15 is 0 Å². The maximum atomic E-state index is 14.8. The van der Waals surface area contributed by atoms with Gasteiger partial charge in [0.1, 0.15) is 16.7 Å². The van der Waals surface area contributed by atoms with Crippen LogP contribution >= 0.6 is 11.8 Å². The van der Waals surface area contributed by atoms with Crippen LogP contribution in [0.1, 0.15) is 25.8 Å². The summed E-state index contributed by atoms with van der Waals surface area (Å²) in [6.07, 6.45) is 0.461. The molecule has 0 saturated carbocycles. The Hall–Kier alpha value is -3.91. The van der Waals surface area contributed by atoms with E-state index in [1.807, 2.05) is 80.6 Å². The van der Waals surface area contributed by atoms with E-state index in [9.17, 15) is 19.2 Å². The summed E-state index contributed by atoms with van der Waals surface area (Å²) in [5, 5.41) is 0. The zero-order valence-electron chi connectivity index (χ0n) is 21.6. The van der Waals surface area contributed by atoms with Gasteiger partial charge in [-0.1, -0.05) is 92.3 Å². The lowest BCUT2D eigenvalue weighted by Gasteiger charge is -2.42. The van der Waals surface area contributed by atoms with Gasteiger partial charge in [0.15, 0.2) is 4.99 Å². The van der Waals surface area contributed by atoms with Crippen molar-refractivity contribution in [2.24, 2.45) is 17.8 Å². The number of para-hydroxylation sites is 2. The minimum atomic E-state index is -1.36. The summed E-state index contributed by atoms with van der Waals surface area (Å²) in [6, 6.07) is 26.6. The van der Waals surface area contributed by atoms with E-state index in [1.54, 1.807) is 34.1 Å². The first-order valence-corrected chi connectivity index (χ1v) is 14.1. The summed E-state index contributed by atoms with van der Waals surface area (Å²) in [6.45, 7) is 4.04. The summed E-state index contributed by atoms with van der Waals surface area (Å²) in [7, 11) is 0. The fraction of sp³-hybridized carbons (Fsp3) is 0.290. The number of imide groups is 1. The number of nitrogens with zero attached hydrogens (tertiary/aromatic N) is 3. The van der Waals surface area contributed by atoms with Gasteiger partial charge >= 0.3 is 0 Å². The number of hydrogen-bond donors (Lipinski definition) is 0. The molecule has 1 spiro atoms. The highest BCUT2D eigenvalue weighted by molar-refractivity contribution is 8.03. The first kappa shape index (κ1) is 24.2. The molecule has 7 nitrogen and oxygen atoms in total. The Labute approximate surface area is 230 Å². The highest BCUT2D eigenvalue weighted by Crippen LogP contribution is 2.75. The lowest BCUT2D eigenvalue weighted by Crippen LogP contribution is -2.62. The summed E-state index contributed by atoms with van der Waals surface area (Å²) in [5.74, 6) is -2.99. The number of hydrogen-bond acceptors (Lipinski definition) is 5. The number of anilines is 2. The van der Waals surface area contributed by atoms with Crippen LogP contribution in [0.2, 0.25) is 0 Å². The molecule has 39 heavy (non-hydrogen) atoms. The number of amides is 4. The molecule has 3 aromatic rings. The Morgan fingerprint density at radius 2 is 1.26 bits per heavy atom. The van der Waals surface area contributed by atoms with Crippen LogP contribution in [0, 0.1) is 17.8 Å². The van der Waals surface area contributed by atoms with Crippen LogP contribution in [-0.4, -0.2) is 39.6 Å². The van der Waals surface area contributed by atoms with Crippen LogP contribution in [0.15, 0.2) is 91.0 Å². The van der Waals surface area contributed by atoms with E-state index in [0.717, 1.165) is 0 Å². The zero-order chi connectivity index (χ0) is 27.1. The molecule has 0 aromatic heterocycles. The minimum Gasteiger partial charge on any atom is -0.296 e. The highest BCUT2D eigenvalue weighted by atomic mass is 32.2. The second-order valence-electron chi connectivity index (χ2n) is 11.0. The van der Waals surface area contributed by atoms with Crippen molar-refractivity contribution in [1.82, 2.24) is 4.90 Å². The molecule has 2 bridgehead atoms. The van der Waals surface area contributed by atoms with Crippen LogP contribution in [0.4, 0.5) is 11.4 Å². The molecule has 0 unspecified atom stereocenters. The largest absolute Gasteiger partial charge is 0.296 e. The van der Waals surface area contributed by atoms with E-state index in [4.69, 9.17) is 0 Å². The molecule has 0 N–H and O–H groups in total. The van der Waals surface area contributed by atoms with E-state index < -0.39 is 33.5 Å². The van der Waals surface area contributed by atoms with Crippen LogP contribution in [0.5, 0.6) is 0 Å². The van der Waals surface area contributed by atoms with Gasteiger partial charge in [0.05, 0.1) is 11.6 Å². The van der Waals surface area contributed by atoms with Gasteiger partial charge in [0, 0.05) is 5.69 Å². The summed E-state index contributed by atoms with van der Waals surface area (Å²) in [4.78, 5) is 60.9. The van der Waals surface area contributed by atoms with E-state index in [1.165, 1.54) is 16.7 Å². The number of benzene rings is 3. The molecule has 196 valence electrons. The molecule has 4 fully saturated rings. The monoisotopic (exact) mass is 537 g/mol. The molecule has 8 heteroatoms. The summed E-state index contributed by atoms with van der Waals surface area (Å²) in [5.41, 5.74) is 1.77. The SMILES string of the molecule is CC(C)C[C@@H]1C(=O)N(c2ccccc2)[C@]23S[C@](c4ccccc4)(C(=O)N12)[C@@H]1C(=O)N(c2ccccc2)C(=O)[C@@H]13. The summed E-state index contributed by atoms with van der Waals surface area (Å²) < 4.78 is -1.33. The molecule has 7 rings (SSSR count). The lowest BCUT2D eigenvalue weighted by atomic mass is 9.73. The molecule has 0 aliphatic carbocycles. The molecular weight excluding hydrogens is 510 g/mol. The average molecular weight is 538 g/mol. The second-order valence-corrected chi connectivity index (χ2v) is 12.4. The first-order chi connectivity index (χ1) is 18.8. The third kappa shape index (κ3) is 2.90. The molecule has 4 saturated heterocycles. The van der Waals surface area contributed by atoms with Gasteiger partial charge in [-0.05, 0) is 42.2 Å². The smallest absolute Gasteiger partial charge is 0.252 e. The number of fused-ring (bicyclic) bond motifs is 3. The molecule has 4 aliphatic heterocycles. The third-order valence-electron chi connectivity index (χ3n) is 8.41. The van der Waals surface area contributed by atoms with Crippen LogP contribution in [-0.2, 0) is 23.9 Å². The Kier molecular flexibility index (Phi) is 5.14. The van der Waals surface area contributed by atoms with Gasteiger partial charge < -0.3 is 0 Å². The van der Waals surface area contributed by atoms with Crippen molar-refractivity contribution in [3.8, 4) is 0 Å². The van der Waals surface area contributed by atoms with Crippen molar-refractivity contribution in [3.05, 3.63) is 96.6 Å². The van der Waals surface area contributed by atoms with Crippen molar-refractivity contribution >= 4 is 46.8 Å². The number of rotatable bonds is 5. The fourth-order valence-electron chi connectivity index (χ4n) is 7.02. The predicted octanol–water partition coefficient (Wildman–Crippen LogP) is 4.39. The number of piperidine rings is 1. The topological polar surface area (TPSA) is 78.0 Å². The Bertz CT molecular complexity index is 1510. The van der Waals surface area contributed by atoms with Crippen LogP contribution in [0.25, 0.3) is 0 Å².